The van der Waals surface area contributed by atoms with E-state index in [4.69, 9.17) is 14.2 Å². The van der Waals surface area contributed by atoms with Gasteiger partial charge in [-0.2, -0.15) is 5.10 Å². The zero-order valence-electron chi connectivity index (χ0n) is 21.4. The highest BCUT2D eigenvalue weighted by Crippen LogP contribution is 2.28. The van der Waals surface area contributed by atoms with Crippen LogP contribution in [-0.4, -0.2) is 62.9 Å². The summed E-state index contributed by atoms with van der Waals surface area (Å²) in [5.41, 5.74) is 1.78. The highest BCUT2D eigenvalue weighted by molar-refractivity contribution is 7.17. The van der Waals surface area contributed by atoms with Crippen molar-refractivity contribution in [2.75, 3.05) is 33.9 Å². The fourth-order valence-electron chi connectivity index (χ4n) is 3.23. The number of hydrogen-bond acceptors (Lipinski definition) is 8. The average molecular weight is 542 g/mol. The monoisotopic (exact) mass is 541 g/mol. The Hall–Kier alpha value is -4.25. The number of benzene rings is 2. The first-order valence-electron chi connectivity index (χ1n) is 11.6. The first kappa shape index (κ1) is 28.3. The van der Waals surface area contributed by atoms with Crippen LogP contribution in [0.4, 0.5) is 4.39 Å². The van der Waals surface area contributed by atoms with Crippen LogP contribution in [0.1, 0.15) is 29.8 Å². The number of allylic oxidation sites excluding steroid dienone is 1. The summed E-state index contributed by atoms with van der Waals surface area (Å²) >= 11 is 1.26. The Labute approximate surface area is 223 Å². The summed E-state index contributed by atoms with van der Waals surface area (Å²) in [4.78, 5) is 36.6. The minimum atomic E-state index is -0.490. The smallest absolute Gasteiger partial charge is 0.330 e. The van der Waals surface area contributed by atoms with Gasteiger partial charge < -0.3 is 19.5 Å². The number of likely N-dealkylation sites (N-methyl/N-ethyl adjacent to an activating group) is 1. The number of thiophene rings is 1. The third-order valence-corrected chi connectivity index (χ3v) is 6.15. The Balaban J connectivity index is 1.52. The Morgan fingerprint density at radius 1 is 1.13 bits per heavy atom. The Morgan fingerprint density at radius 2 is 1.92 bits per heavy atom. The molecule has 9 nitrogen and oxygen atoms in total. The summed E-state index contributed by atoms with van der Waals surface area (Å²) in [6.07, 6.45) is 2.86. The van der Waals surface area contributed by atoms with Crippen LogP contribution < -0.4 is 14.8 Å². The Morgan fingerprint density at radius 3 is 2.66 bits per heavy atom. The number of halogens is 1. The van der Waals surface area contributed by atoms with Crippen molar-refractivity contribution < 1.29 is 33.0 Å². The summed E-state index contributed by atoms with van der Waals surface area (Å²) in [5.74, 6) is -1.02. The van der Waals surface area contributed by atoms with Gasteiger partial charge in [-0.05, 0) is 38.1 Å². The second-order valence-electron chi connectivity index (χ2n) is 8.26. The van der Waals surface area contributed by atoms with Crippen LogP contribution >= 0.6 is 11.3 Å². The predicted octanol–water partition coefficient (Wildman–Crippen LogP) is 4.16. The van der Waals surface area contributed by atoms with E-state index in [1.165, 1.54) is 56.0 Å². The molecule has 0 aliphatic carbocycles. The summed E-state index contributed by atoms with van der Waals surface area (Å²) in [6.45, 7) is 3.44. The van der Waals surface area contributed by atoms with Gasteiger partial charge in [-0.1, -0.05) is 17.7 Å². The van der Waals surface area contributed by atoms with Crippen molar-refractivity contribution >= 4 is 45.4 Å². The molecule has 1 heterocycles. The van der Waals surface area contributed by atoms with E-state index in [1.54, 1.807) is 37.4 Å². The van der Waals surface area contributed by atoms with Crippen molar-refractivity contribution in [3.05, 3.63) is 70.4 Å². The van der Waals surface area contributed by atoms with E-state index in [0.717, 1.165) is 10.6 Å². The number of hydrazone groups is 1. The summed E-state index contributed by atoms with van der Waals surface area (Å²) in [7, 11) is 2.90. The number of amides is 2. The number of ether oxygens (including phenoxy) is 3. The molecule has 3 rings (SSSR count). The van der Waals surface area contributed by atoms with Crippen LogP contribution in [0.15, 0.2) is 58.5 Å². The van der Waals surface area contributed by atoms with Crippen molar-refractivity contribution in [3.63, 3.8) is 0 Å². The predicted molar refractivity (Wildman–Crippen MR) is 143 cm³/mol. The van der Waals surface area contributed by atoms with E-state index >= 15 is 0 Å². The first-order valence-corrected chi connectivity index (χ1v) is 12.4. The molecule has 1 aromatic heterocycles. The zero-order valence-corrected chi connectivity index (χ0v) is 22.3. The van der Waals surface area contributed by atoms with Gasteiger partial charge in [0.2, 0.25) is 0 Å². The Kier molecular flexibility index (Phi) is 9.94. The van der Waals surface area contributed by atoms with Crippen molar-refractivity contribution in [1.29, 1.82) is 0 Å². The average Bonchev–Trinajstić information content (AvgIpc) is 3.32. The lowest BCUT2D eigenvalue weighted by Gasteiger charge is -2.13. The third-order valence-electron chi connectivity index (χ3n) is 5.13. The van der Waals surface area contributed by atoms with Gasteiger partial charge in [-0.15, -0.1) is 11.3 Å². The molecule has 0 aliphatic heterocycles. The van der Waals surface area contributed by atoms with Crippen molar-refractivity contribution in [1.82, 2.24) is 10.3 Å². The normalized spacial score (nSPS) is 10.8. The van der Waals surface area contributed by atoms with Crippen molar-refractivity contribution in [3.8, 4) is 11.5 Å². The number of methoxy groups -OCH3 is 1. The van der Waals surface area contributed by atoms with Crippen LogP contribution in [-0.2, 0) is 14.3 Å². The number of carbonyl (C=O) groups excluding carboxylic acids is 3. The highest BCUT2D eigenvalue weighted by atomic mass is 32.1. The fraction of sp³-hybridized carbons (Fsp3) is 0.259. The molecule has 0 atom stereocenters. The second kappa shape index (κ2) is 13.3. The van der Waals surface area contributed by atoms with E-state index in [1.807, 2.05) is 0 Å². The van der Waals surface area contributed by atoms with Gasteiger partial charge in [0.05, 0.1) is 24.6 Å². The number of nitrogens with zero attached hydrogens (tertiary/aromatic N) is 2. The van der Waals surface area contributed by atoms with E-state index < -0.39 is 17.8 Å². The SMILES string of the molecule is COc1cc(C(=O)NCC(=O)N(C)/N=C/c2csc3c(F)cccc23)ccc1OCCOC(=O)C=C(C)C. The zero-order chi connectivity index (χ0) is 27.7. The number of nitrogens with one attached hydrogen (secondary N) is 1. The maximum absolute atomic E-state index is 13.9. The molecule has 0 spiro atoms. The van der Waals surface area contributed by atoms with Crippen LogP contribution in [0.5, 0.6) is 11.5 Å². The highest BCUT2D eigenvalue weighted by Gasteiger charge is 2.14. The second-order valence-corrected chi connectivity index (χ2v) is 9.14. The van der Waals surface area contributed by atoms with E-state index in [0.29, 0.717) is 27.1 Å². The fourth-order valence-corrected chi connectivity index (χ4v) is 4.15. The summed E-state index contributed by atoms with van der Waals surface area (Å²) in [6, 6.07) is 9.34. The molecular weight excluding hydrogens is 513 g/mol. The maximum Gasteiger partial charge on any atom is 0.330 e. The molecule has 0 saturated carbocycles. The number of esters is 1. The number of carbonyl (C=O) groups is 3. The van der Waals surface area contributed by atoms with Crippen LogP contribution in [0.25, 0.3) is 10.1 Å². The van der Waals surface area contributed by atoms with Gasteiger partial charge in [0, 0.05) is 35.0 Å². The largest absolute Gasteiger partial charge is 0.493 e. The van der Waals surface area contributed by atoms with Gasteiger partial charge in [0.15, 0.2) is 11.5 Å². The molecule has 0 saturated heterocycles. The van der Waals surface area contributed by atoms with Crippen molar-refractivity contribution in [2.45, 2.75) is 13.8 Å². The Bertz CT molecular complexity index is 1380. The molecule has 3 aromatic rings. The molecule has 38 heavy (non-hydrogen) atoms. The molecule has 0 radical (unpaired) electrons. The lowest BCUT2D eigenvalue weighted by Crippen LogP contribution is -2.36. The maximum atomic E-state index is 13.9. The van der Waals surface area contributed by atoms with Crippen LogP contribution in [0.3, 0.4) is 0 Å². The summed E-state index contributed by atoms with van der Waals surface area (Å²) < 4.78 is 30.3. The minimum Gasteiger partial charge on any atom is -0.493 e. The molecule has 1 N–H and O–H groups in total. The molecule has 0 fully saturated rings. The van der Waals surface area contributed by atoms with E-state index in [2.05, 4.69) is 10.4 Å². The first-order chi connectivity index (χ1) is 18.2. The molecule has 0 unspecified atom stereocenters. The molecule has 2 aromatic carbocycles. The van der Waals surface area contributed by atoms with E-state index in [-0.39, 0.29) is 31.1 Å². The lowest BCUT2D eigenvalue weighted by molar-refractivity contribution is -0.138. The lowest BCUT2D eigenvalue weighted by atomic mass is 10.2. The quantitative estimate of drug-likeness (QED) is 0.128. The minimum absolute atomic E-state index is 0.0473. The number of fused-ring (bicyclic) bond motifs is 1. The van der Waals surface area contributed by atoms with Gasteiger partial charge >= 0.3 is 5.97 Å². The summed E-state index contributed by atoms with van der Waals surface area (Å²) in [5, 5.41) is 10.2. The van der Waals surface area contributed by atoms with Gasteiger partial charge in [-0.25, -0.2) is 14.2 Å². The van der Waals surface area contributed by atoms with Crippen molar-refractivity contribution in [2.24, 2.45) is 5.10 Å². The molecule has 2 amide bonds. The van der Waals surface area contributed by atoms with Crippen LogP contribution in [0, 0.1) is 5.82 Å². The molecule has 0 aliphatic rings. The number of rotatable bonds is 11. The van der Waals surface area contributed by atoms with E-state index in [9.17, 15) is 18.8 Å². The number of hydrogen-bond donors (Lipinski definition) is 1. The van der Waals surface area contributed by atoms with Gasteiger partial charge in [0.25, 0.3) is 11.8 Å². The van der Waals surface area contributed by atoms with Gasteiger partial charge in [0.1, 0.15) is 19.0 Å². The molecule has 11 heteroatoms. The van der Waals surface area contributed by atoms with Crippen LogP contribution in [0.2, 0.25) is 0 Å². The molecular formula is C27H28FN3O6S. The van der Waals surface area contributed by atoms with Gasteiger partial charge in [-0.3, -0.25) is 9.59 Å². The topological polar surface area (TPSA) is 107 Å². The standard InChI is InChI=1S/C27H28FN3O6S/c1-17(2)12-25(33)37-11-10-36-22-9-8-18(13-23(22)35-4)27(34)29-15-24(32)31(3)30-14-19-16-38-26-20(19)6-5-7-21(26)28/h5-9,12-14,16H,10-11,15H2,1-4H3,(H,29,34)/b30-14+. The third kappa shape index (κ3) is 7.62. The molecule has 0 bridgehead atoms. The molecule has 200 valence electrons.